The third-order valence-electron chi connectivity index (χ3n) is 1.96. The second kappa shape index (κ2) is 3.91. The predicted octanol–water partition coefficient (Wildman–Crippen LogP) is 0.581. The molecule has 0 aromatic carbocycles. The zero-order valence-electron chi connectivity index (χ0n) is 6.86. The fourth-order valence-electron chi connectivity index (χ4n) is 1.46. The summed E-state index contributed by atoms with van der Waals surface area (Å²) in [5.74, 6) is 0. The lowest BCUT2D eigenvalue weighted by Crippen LogP contribution is -2.35. The lowest BCUT2D eigenvalue weighted by Gasteiger charge is -2.19. The van der Waals surface area contributed by atoms with Crippen LogP contribution in [0.3, 0.4) is 0 Å². The van der Waals surface area contributed by atoms with E-state index < -0.39 is 9.24 Å². The van der Waals surface area contributed by atoms with E-state index in [1.807, 2.05) is 0 Å². The summed E-state index contributed by atoms with van der Waals surface area (Å²) < 4.78 is 28.1. The monoisotopic (exact) mass is 213 g/mol. The molecule has 1 heterocycles. The molecule has 6 heteroatoms. The van der Waals surface area contributed by atoms with Gasteiger partial charge in [-0.2, -0.15) is 12.7 Å². The fraction of sp³-hybridized carbons (Fsp3) is 1.00. The molecule has 4 nitrogen and oxygen atoms in total. The van der Waals surface area contributed by atoms with E-state index in [-0.39, 0.29) is 6.04 Å². The Morgan fingerprint density at radius 3 is 2.83 bits per heavy atom. The molecule has 1 unspecified atom stereocenters. The second-order valence-electron chi connectivity index (χ2n) is 2.80. The molecule has 1 atom stereocenters. The summed E-state index contributed by atoms with van der Waals surface area (Å²) in [5, 5.41) is 0. The maximum atomic E-state index is 11.0. The molecule has 0 N–H and O–H groups in total. The number of hydrogen-bond donors (Lipinski definition) is 0. The van der Waals surface area contributed by atoms with Crippen molar-refractivity contribution in [3.05, 3.63) is 0 Å². The molecule has 12 heavy (non-hydrogen) atoms. The largest absolute Gasteiger partial charge is 0.383 e. The van der Waals surface area contributed by atoms with Crippen molar-refractivity contribution in [3.63, 3.8) is 0 Å². The van der Waals surface area contributed by atoms with Gasteiger partial charge >= 0.3 is 0 Å². The SMILES string of the molecule is COCC1CCCN1S(=O)(=O)Cl. The summed E-state index contributed by atoms with van der Waals surface area (Å²) in [7, 11) is 3.22. The third kappa shape index (κ3) is 2.32. The third-order valence-corrected chi connectivity index (χ3v) is 3.54. The van der Waals surface area contributed by atoms with E-state index in [0.29, 0.717) is 13.2 Å². The normalized spacial score (nSPS) is 26.3. The Labute approximate surface area is 77.0 Å². The van der Waals surface area contributed by atoms with Crippen LogP contribution in [0.25, 0.3) is 0 Å². The van der Waals surface area contributed by atoms with Crippen molar-refractivity contribution >= 4 is 19.9 Å². The molecule has 1 rings (SSSR count). The predicted molar refractivity (Wildman–Crippen MR) is 46.4 cm³/mol. The Bertz CT molecular complexity index is 241. The highest BCUT2D eigenvalue weighted by atomic mass is 35.7. The molecule has 0 aliphatic carbocycles. The molecule has 0 saturated carbocycles. The zero-order valence-corrected chi connectivity index (χ0v) is 8.44. The number of methoxy groups -OCH3 is 1. The van der Waals surface area contributed by atoms with Crippen molar-refractivity contribution in [2.24, 2.45) is 0 Å². The molecular formula is C6H12ClNO3S. The van der Waals surface area contributed by atoms with Gasteiger partial charge in [-0.25, -0.2) is 0 Å². The van der Waals surface area contributed by atoms with Crippen molar-refractivity contribution in [2.75, 3.05) is 20.3 Å². The van der Waals surface area contributed by atoms with Gasteiger partial charge in [0.15, 0.2) is 0 Å². The van der Waals surface area contributed by atoms with Crippen molar-refractivity contribution in [1.82, 2.24) is 4.31 Å². The molecule has 72 valence electrons. The van der Waals surface area contributed by atoms with Gasteiger partial charge in [0.2, 0.25) is 0 Å². The topological polar surface area (TPSA) is 46.6 Å². The molecule has 0 aromatic rings. The average Bonchev–Trinajstić information content (AvgIpc) is 2.34. The van der Waals surface area contributed by atoms with Gasteiger partial charge < -0.3 is 4.74 Å². The summed E-state index contributed by atoms with van der Waals surface area (Å²) in [6.07, 6.45) is 1.69. The van der Waals surface area contributed by atoms with Crippen LogP contribution in [0.5, 0.6) is 0 Å². The summed E-state index contributed by atoms with van der Waals surface area (Å²) in [6, 6.07) is -0.0718. The van der Waals surface area contributed by atoms with Crippen LogP contribution in [0.4, 0.5) is 0 Å². The van der Waals surface area contributed by atoms with Crippen LogP contribution in [-0.4, -0.2) is 39.0 Å². The highest BCUT2D eigenvalue weighted by Gasteiger charge is 2.32. The molecule has 0 radical (unpaired) electrons. The summed E-state index contributed by atoms with van der Waals surface area (Å²) in [4.78, 5) is 0. The molecule has 1 saturated heterocycles. The highest BCUT2D eigenvalue weighted by Crippen LogP contribution is 2.22. The van der Waals surface area contributed by atoms with Crippen molar-refractivity contribution < 1.29 is 13.2 Å². The van der Waals surface area contributed by atoms with Crippen molar-refractivity contribution in [2.45, 2.75) is 18.9 Å². The number of ether oxygens (including phenoxy) is 1. The van der Waals surface area contributed by atoms with Crippen LogP contribution < -0.4 is 0 Å². The number of hydrogen-bond acceptors (Lipinski definition) is 3. The Balaban J connectivity index is 2.64. The van der Waals surface area contributed by atoms with Gasteiger partial charge in [-0.1, -0.05) is 0 Å². The molecule has 1 aliphatic heterocycles. The first kappa shape index (κ1) is 10.2. The van der Waals surface area contributed by atoms with Crippen LogP contribution in [0.2, 0.25) is 0 Å². The first-order valence-electron chi connectivity index (χ1n) is 3.76. The van der Waals surface area contributed by atoms with Crippen molar-refractivity contribution in [3.8, 4) is 0 Å². The van der Waals surface area contributed by atoms with E-state index in [2.05, 4.69) is 0 Å². The number of nitrogens with zero attached hydrogens (tertiary/aromatic N) is 1. The molecule has 0 amide bonds. The van der Waals surface area contributed by atoms with E-state index in [9.17, 15) is 8.42 Å². The summed E-state index contributed by atoms with van der Waals surface area (Å²) in [5.41, 5.74) is 0. The van der Waals surface area contributed by atoms with Gasteiger partial charge in [0.25, 0.3) is 9.24 Å². The molecule has 0 bridgehead atoms. The van der Waals surface area contributed by atoms with E-state index in [4.69, 9.17) is 15.4 Å². The van der Waals surface area contributed by atoms with E-state index in [0.717, 1.165) is 12.8 Å². The van der Waals surface area contributed by atoms with Crippen LogP contribution in [0.15, 0.2) is 0 Å². The van der Waals surface area contributed by atoms with E-state index in [1.165, 1.54) is 4.31 Å². The van der Waals surface area contributed by atoms with Gasteiger partial charge in [-0.15, -0.1) is 0 Å². The molecular weight excluding hydrogens is 202 g/mol. The van der Waals surface area contributed by atoms with Gasteiger partial charge in [0, 0.05) is 30.4 Å². The van der Waals surface area contributed by atoms with Crippen LogP contribution in [0, 0.1) is 0 Å². The van der Waals surface area contributed by atoms with Crippen LogP contribution in [0.1, 0.15) is 12.8 Å². The number of rotatable bonds is 3. The molecule has 1 fully saturated rings. The quantitative estimate of drug-likeness (QED) is 0.645. The minimum Gasteiger partial charge on any atom is -0.383 e. The van der Waals surface area contributed by atoms with Gasteiger partial charge in [-0.05, 0) is 12.8 Å². The highest BCUT2D eigenvalue weighted by molar-refractivity contribution is 8.11. The molecule has 0 aromatic heterocycles. The Morgan fingerprint density at radius 1 is 1.67 bits per heavy atom. The van der Waals surface area contributed by atoms with Gasteiger partial charge in [0.1, 0.15) is 0 Å². The first-order chi connectivity index (χ1) is 5.55. The van der Waals surface area contributed by atoms with Crippen LogP contribution >= 0.6 is 10.7 Å². The average molecular weight is 214 g/mol. The Morgan fingerprint density at radius 2 is 2.33 bits per heavy atom. The standard InChI is InChI=1S/C6H12ClNO3S/c1-11-5-6-3-2-4-8(6)12(7,9)10/h6H,2-5H2,1H3. The minimum atomic E-state index is -3.55. The van der Waals surface area contributed by atoms with E-state index in [1.54, 1.807) is 7.11 Å². The smallest absolute Gasteiger partial charge is 0.300 e. The van der Waals surface area contributed by atoms with Crippen LogP contribution in [-0.2, 0) is 14.0 Å². The fourth-order valence-corrected chi connectivity index (χ4v) is 2.87. The lowest BCUT2D eigenvalue weighted by molar-refractivity contribution is 0.150. The first-order valence-corrected chi connectivity index (χ1v) is 6.02. The Kier molecular flexibility index (Phi) is 3.34. The van der Waals surface area contributed by atoms with Gasteiger partial charge in [0.05, 0.1) is 6.61 Å². The van der Waals surface area contributed by atoms with Crippen molar-refractivity contribution in [1.29, 1.82) is 0 Å². The molecule has 0 spiro atoms. The summed E-state index contributed by atoms with van der Waals surface area (Å²) in [6.45, 7) is 0.936. The zero-order chi connectivity index (χ0) is 9.19. The van der Waals surface area contributed by atoms with Gasteiger partial charge in [-0.3, -0.25) is 0 Å². The second-order valence-corrected chi connectivity index (χ2v) is 5.27. The summed E-state index contributed by atoms with van der Waals surface area (Å²) >= 11 is 0. The Hall–Kier alpha value is 0.160. The lowest BCUT2D eigenvalue weighted by atomic mass is 10.2. The molecule has 1 aliphatic rings. The minimum absolute atomic E-state index is 0.0718. The number of halogens is 1. The maximum Gasteiger partial charge on any atom is 0.300 e. The van der Waals surface area contributed by atoms with E-state index >= 15 is 0 Å². The maximum absolute atomic E-state index is 11.0.